The Morgan fingerprint density at radius 1 is 0.875 bits per heavy atom. The third-order valence-electron chi connectivity index (χ3n) is 5.72. The minimum Gasteiger partial charge on any atom is -0.493 e. The maximum Gasteiger partial charge on any atom is 0.262 e. The van der Waals surface area contributed by atoms with Crippen LogP contribution in [0.4, 0.5) is 11.4 Å². The van der Waals surface area contributed by atoms with Gasteiger partial charge in [0.25, 0.3) is 5.91 Å². The second kappa shape index (κ2) is 8.39. The third-order valence-corrected chi connectivity index (χ3v) is 5.72. The Bertz CT molecular complexity index is 1260. The molecule has 1 aliphatic heterocycles. The van der Waals surface area contributed by atoms with Crippen LogP contribution < -0.4 is 15.0 Å². The highest BCUT2D eigenvalue weighted by molar-refractivity contribution is 6.12. The van der Waals surface area contributed by atoms with Crippen LogP contribution >= 0.6 is 0 Å². The van der Waals surface area contributed by atoms with Gasteiger partial charge in [-0.15, -0.1) is 0 Å². The zero-order valence-electron chi connectivity index (χ0n) is 18.3. The number of para-hydroxylation sites is 1. The Kier molecular flexibility index (Phi) is 5.28. The summed E-state index contributed by atoms with van der Waals surface area (Å²) in [4.78, 5) is 15.5. The Morgan fingerprint density at radius 2 is 1.59 bits per heavy atom. The number of hydrogen-bond donors (Lipinski definition) is 1. The van der Waals surface area contributed by atoms with E-state index in [-0.39, 0.29) is 12.1 Å². The number of rotatable bonds is 5. The molecule has 1 unspecified atom stereocenters. The number of carbonyl (C=O) groups is 1. The summed E-state index contributed by atoms with van der Waals surface area (Å²) in [7, 11) is 0. The summed E-state index contributed by atoms with van der Waals surface area (Å²) in [5.41, 5.74) is 3.38. The van der Waals surface area contributed by atoms with Crippen molar-refractivity contribution < 1.29 is 9.53 Å². The highest BCUT2D eigenvalue weighted by Crippen LogP contribution is 2.38. The number of anilines is 2. The van der Waals surface area contributed by atoms with E-state index in [2.05, 4.69) is 43.4 Å². The molecule has 0 fully saturated rings. The number of fused-ring (bicyclic) bond motifs is 2. The summed E-state index contributed by atoms with van der Waals surface area (Å²) in [6.45, 7) is 4.94. The van der Waals surface area contributed by atoms with Gasteiger partial charge in [-0.2, -0.15) is 0 Å². The molecule has 0 bridgehead atoms. The van der Waals surface area contributed by atoms with E-state index in [0.29, 0.717) is 18.1 Å². The minimum absolute atomic E-state index is 0.0141. The van der Waals surface area contributed by atoms with Gasteiger partial charge in [-0.25, -0.2) is 0 Å². The van der Waals surface area contributed by atoms with Crippen LogP contribution in [0.2, 0.25) is 0 Å². The molecule has 32 heavy (non-hydrogen) atoms. The van der Waals surface area contributed by atoms with E-state index in [0.717, 1.165) is 33.5 Å². The minimum atomic E-state index is -0.322. The number of nitrogens with one attached hydrogen (secondary N) is 1. The highest BCUT2D eigenvalue weighted by Gasteiger charge is 2.34. The van der Waals surface area contributed by atoms with Gasteiger partial charge in [0.2, 0.25) is 0 Å². The van der Waals surface area contributed by atoms with E-state index in [1.807, 2.05) is 71.6 Å². The molecule has 1 aliphatic rings. The Labute approximate surface area is 188 Å². The maximum atomic E-state index is 13.6. The summed E-state index contributed by atoms with van der Waals surface area (Å²) in [5.74, 6) is 1.29. The Morgan fingerprint density at radius 3 is 2.38 bits per heavy atom. The zero-order valence-corrected chi connectivity index (χ0v) is 18.3. The molecule has 4 nitrogen and oxygen atoms in total. The lowest BCUT2D eigenvalue weighted by molar-refractivity contribution is 0.0975. The maximum absolute atomic E-state index is 13.6. The number of amides is 1. The molecular weight excluding hydrogens is 396 g/mol. The zero-order chi connectivity index (χ0) is 22.1. The van der Waals surface area contributed by atoms with E-state index in [1.54, 1.807) is 0 Å². The highest BCUT2D eigenvalue weighted by atomic mass is 16.5. The van der Waals surface area contributed by atoms with E-state index < -0.39 is 0 Å². The van der Waals surface area contributed by atoms with Gasteiger partial charge in [-0.05, 0) is 58.7 Å². The topological polar surface area (TPSA) is 41.6 Å². The average molecular weight is 423 g/mol. The van der Waals surface area contributed by atoms with Crippen molar-refractivity contribution in [3.63, 3.8) is 0 Å². The fourth-order valence-corrected chi connectivity index (χ4v) is 4.09. The second-order valence-corrected chi connectivity index (χ2v) is 8.57. The number of ether oxygens (including phenoxy) is 1. The number of hydrogen-bond acceptors (Lipinski definition) is 3. The first kappa shape index (κ1) is 20.1. The smallest absolute Gasteiger partial charge is 0.262 e. The first-order valence-corrected chi connectivity index (χ1v) is 11.0. The molecule has 0 saturated carbocycles. The standard InChI is InChI=1S/C28H26N2O2/c1-19(2)18-32-24-15-12-21(13-16-24)27-29-26-10-6-5-9-25(26)28(31)30(27)23-14-11-20-7-3-4-8-22(20)17-23/h3-17,19,27,29H,18H2,1-2H3. The molecule has 4 aromatic carbocycles. The molecule has 0 radical (unpaired) electrons. The van der Waals surface area contributed by atoms with Crippen LogP contribution in [0.3, 0.4) is 0 Å². The van der Waals surface area contributed by atoms with Crippen molar-refractivity contribution in [3.8, 4) is 5.75 Å². The van der Waals surface area contributed by atoms with Crippen LogP contribution in [-0.4, -0.2) is 12.5 Å². The van der Waals surface area contributed by atoms with Crippen molar-refractivity contribution in [3.05, 3.63) is 102 Å². The molecule has 0 aliphatic carbocycles. The second-order valence-electron chi connectivity index (χ2n) is 8.57. The Balaban J connectivity index is 1.56. The summed E-state index contributed by atoms with van der Waals surface area (Å²) in [6.07, 6.45) is -0.322. The van der Waals surface area contributed by atoms with Gasteiger partial charge in [0, 0.05) is 11.4 Å². The summed E-state index contributed by atoms with van der Waals surface area (Å²) in [5, 5.41) is 5.83. The molecule has 4 heteroatoms. The van der Waals surface area contributed by atoms with Gasteiger partial charge in [0.05, 0.1) is 12.2 Å². The lowest BCUT2D eigenvalue weighted by atomic mass is 10.0. The fourth-order valence-electron chi connectivity index (χ4n) is 4.09. The van der Waals surface area contributed by atoms with Gasteiger partial charge in [0.1, 0.15) is 11.9 Å². The van der Waals surface area contributed by atoms with Gasteiger partial charge >= 0.3 is 0 Å². The number of carbonyl (C=O) groups excluding carboxylic acids is 1. The van der Waals surface area contributed by atoms with E-state index in [9.17, 15) is 4.79 Å². The molecule has 1 amide bonds. The third kappa shape index (κ3) is 3.80. The van der Waals surface area contributed by atoms with Crippen molar-refractivity contribution in [2.45, 2.75) is 20.0 Å². The number of nitrogens with zero attached hydrogens (tertiary/aromatic N) is 1. The first-order valence-electron chi connectivity index (χ1n) is 11.0. The molecule has 5 rings (SSSR count). The Hall–Kier alpha value is -3.79. The molecule has 160 valence electrons. The molecule has 0 aromatic heterocycles. The molecule has 1 heterocycles. The fraction of sp³-hybridized carbons (Fsp3) is 0.179. The van der Waals surface area contributed by atoms with Crippen LogP contribution in [0, 0.1) is 5.92 Å². The van der Waals surface area contributed by atoms with Crippen molar-refractivity contribution in [2.24, 2.45) is 5.92 Å². The van der Waals surface area contributed by atoms with E-state index in [1.165, 1.54) is 0 Å². The largest absolute Gasteiger partial charge is 0.493 e. The number of benzene rings is 4. The van der Waals surface area contributed by atoms with Crippen LogP contribution in [0.1, 0.15) is 35.9 Å². The summed E-state index contributed by atoms with van der Waals surface area (Å²) in [6, 6.07) is 30.1. The summed E-state index contributed by atoms with van der Waals surface area (Å²) < 4.78 is 5.85. The van der Waals surface area contributed by atoms with Gasteiger partial charge < -0.3 is 10.1 Å². The SMILES string of the molecule is CC(C)COc1ccc(C2Nc3ccccc3C(=O)N2c2ccc3ccccc3c2)cc1. The summed E-state index contributed by atoms with van der Waals surface area (Å²) >= 11 is 0. The molecule has 4 aromatic rings. The monoisotopic (exact) mass is 422 g/mol. The average Bonchev–Trinajstić information content (AvgIpc) is 2.83. The van der Waals surface area contributed by atoms with Crippen LogP contribution in [0.15, 0.2) is 91.0 Å². The van der Waals surface area contributed by atoms with Crippen molar-refractivity contribution >= 4 is 28.1 Å². The van der Waals surface area contributed by atoms with E-state index >= 15 is 0 Å². The first-order chi connectivity index (χ1) is 15.6. The predicted octanol–water partition coefficient (Wildman–Crippen LogP) is 6.65. The lowest BCUT2D eigenvalue weighted by Gasteiger charge is -2.38. The molecular formula is C28H26N2O2. The normalized spacial score (nSPS) is 15.5. The van der Waals surface area contributed by atoms with E-state index in [4.69, 9.17) is 4.74 Å². The van der Waals surface area contributed by atoms with Crippen molar-refractivity contribution in [2.75, 3.05) is 16.8 Å². The molecule has 0 spiro atoms. The van der Waals surface area contributed by atoms with Crippen LogP contribution in [0.25, 0.3) is 10.8 Å². The molecule has 1 N–H and O–H groups in total. The van der Waals surface area contributed by atoms with Crippen LogP contribution in [-0.2, 0) is 0 Å². The van der Waals surface area contributed by atoms with Crippen LogP contribution in [0.5, 0.6) is 5.75 Å². The molecule has 0 saturated heterocycles. The molecule has 1 atom stereocenters. The van der Waals surface area contributed by atoms with Crippen molar-refractivity contribution in [1.29, 1.82) is 0 Å². The van der Waals surface area contributed by atoms with Crippen molar-refractivity contribution in [1.82, 2.24) is 0 Å². The van der Waals surface area contributed by atoms with Gasteiger partial charge in [0.15, 0.2) is 0 Å². The lowest BCUT2D eigenvalue weighted by Crippen LogP contribution is -2.43. The van der Waals surface area contributed by atoms with Gasteiger partial charge in [-0.1, -0.05) is 68.4 Å². The predicted molar refractivity (Wildman–Crippen MR) is 130 cm³/mol. The quantitative estimate of drug-likeness (QED) is 0.392. The van der Waals surface area contributed by atoms with Gasteiger partial charge in [-0.3, -0.25) is 9.69 Å².